The highest BCUT2D eigenvalue weighted by atomic mass is 35.5. The number of hydroxylamine groups is 1. The highest BCUT2D eigenvalue weighted by Crippen LogP contribution is 2.33. The number of rotatable bonds is 4. The first-order valence-corrected chi connectivity index (χ1v) is 8.29. The minimum Gasteiger partial charge on any atom is -0.331 e. The van der Waals surface area contributed by atoms with Gasteiger partial charge in [0.15, 0.2) is 0 Å². The third-order valence-electron chi connectivity index (χ3n) is 3.27. The molecule has 6 nitrogen and oxygen atoms in total. The molecule has 0 aliphatic heterocycles. The number of carbonyl (C=O) groups excluding carboxylic acids is 2. The molecule has 26 heavy (non-hydrogen) atoms. The van der Waals surface area contributed by atoms with E-state index in [1.165, 1.54) is 11.5 Å². The maximum atomic E-state index is 12.6. The van der Waals surface area contributed by atoms with Crippen LogP contribution in [0.5, 0.6) is 0 Å². The molecular formula is C15H13ClF3N3O3S. The third kappa shape index (κ3) is 4.87. The van der Waals surface area contributed by atoms with Crippen molar-refractivity contribution in [2.45, 2.75) is 19.1 Å². The number of anilines is 1. The summed E-state index contributed by atoms with van der Waals surface area (Å²) in [6.07, 6.45) is -4.53. The summed E-state index contributed by atoms with van der Waals surface area (Å²) in [5.74, 6) is -0.672. The minimum atomic E-state index is -4.53. The Bertz CT molecular complexity index is 826. The van der Waals surface area contributed by atoms with E-state index in [0.29, 0.717) is 4.88 Å². The van der Waals surface area contributed by atoms with E-state index in [1.807, 2.05) is 0 Å². The fraction of sp³-hybridized carbons (Fsp3) is 0.200. The molecule has 0 radical (unpaired) electrons. The van der Waals surface area contributed by atoms with Gasteiger partial charge in [0.05, 0.1) is 27.2 Å². The Morgan fingerprint density at radius 3 is 2.50 bits per heavy atom. The number of carbonyl (C=O) groups is 2. The maximum Gasteiger partial charge on any atom is 0.416 e. The van der Waals surface area contributed by atoms with E-state index < -0.39 is 29.7 Å². The molecule has 0 saturated carbocycles. The van der Waals surface area contributed by atoms with Gasteiger partial charge in [-0.05, 0) is 37.3 Å². The summed E-state index contributed by atoms with van der Waals surface area (Å²) in [5.41, 5.74) is 0.608. The van der Waals surface area contributed by atoms with Crippen molar-refractivity contribution >= 4 is 40.6 Å². The van der Waals surface area contributed by atoms with Gasteiger partial charge in [0.2, 0.25) is 0 Å². The highest BCUT2D eigenvalue weighted by molar-refractivity contribution is 7.14. The molecule has 11 heteroatoms. The zero-order valence-corrected chi connectivity index (χ0v) is 14.7. The van der Waals surface area contributed by atoms with Crippen LogP contribution in [0.1, 0.15) is 33.1 Å². The van der Waals surface area contributed by atoms with Crippen molar-refractivity contribution in [2.75, 3.05) is 5.32 Å². The molecule has 1 aromatic heterocycles. The largest absolute Gasteiger partial charge is 0.416 e. The van der Waals surface area contributed by atoms with Crippen molar-refractivity contribution in [1.29, 1.82) is 0 Å². The summed E-state index contributed by atoms with van der Waals surface area (Å²) in [4.78, 5) is 24.2. The molecule has 2 rings (SSSR count). The topological polar surface area (TPSA) is 90.5 Å². The SMILES string of the molecule is CC(NC(=O)Nc1ccc(C(F)(F)F)cc1Cl)c1ccc(C(=O)NO)s1. The average Bonchev–Trinajstić information content (AvgIpc) is 3.05. The van der Waals surface area contributed by atoms with E-state index in [-0.39, 0.29) is 15.6 Å². The average molecular weight is 408 g/mol. The number of hydrogen-bond donors (Lipinski definition) is 4. The Labute approximate surface area is 154 Å². The second-order valence-electron chi connectivity index (χ2n) is 5.16. The molecule has 140 valence electrons. The zero-order valence-electron chi connectivity index (χ0n) is 13.1. The summed E-state index contributed by atoms with van der Waals surface area (Å²) in [6.45, 7) is 1.65. The van der Waals surface area contributed by atoms with Crippen LogP contribution in [0, 0.1) is 0 Å². The molecule has 3 amide bonds. The Morgan fingerprint density at radius 2 is 1.92 bits per heavy atom. The second kappa shape index (κ2) is 7.94. The normalized spacial score (nSPS) is 12.4. The van der Waals surface area contributed by atoms with Gasteiger partial charge < -0.3 is 10.6 Å². The quantitative estimate of drug-likeness (QED) is 0.446. The van der Waals surface area contributed by atoms with Gasteiger partial charge in [-0.15, -0.1) is 11.3 Å². The maximum absolute atomic E-state index is 12.6. The number of amides is 3. The number of halogens is 4. The summed E-state index contributed by atoms with van der Waals surface area (Å²) in [5, 5.41) is 13.3. The lowest BCUT2D eigenvalue weighted by molar-refractivity contribution is -0.137. The number of urea groups is 1. The number of thiophene rings is 1. The Hall–Kier alpha value is -2.30. The molecule has 0 aliphatic rings. The standard InChI is InChI=1S/C15H13ClF3N3O3S/c1-7(11-4-5-12(26-11)13(23)22-25)20-14(24)21-10-3-2-8(6-9(10)16)15(17,18)19/h2-7,25H,1H3,(H,22,23)(H2,20,21,24). The van der Waals surface area contributed by atoms with Crippen LogP contribution in [0.3, 0.4) is 0 Å². The molecular weight excluding hydrogens is 395 g/mol. The van der Waals surface area contributed by atoms with Gasteiger partial charge >= 0.3 is 12.2 Å². The lowest BCUT2D eigenvalue weighted by Gasteiger charge is -2.15. The number of nitrogens with one attached hydrogen (secondary N) is 3. The Balaban J connectivity index is 2.02. The fourth-order valence-corrected chi connectivity index (χ4v) is 3.11. The van der Waals surface area contributed by atoms with Crippen molar-refractivity contribution in [3.8, 4) is 0 Å². The second-order valence-corrected chi connectivity index (χ2v) is 6.68. The fourth-order valence-electron chi connectivity index (χ4n) is 1.98. The third-order valence-corrected chi connectivity index (χ3v) is 4.85. The molecule has 0 bridgehead atoms. The van der Waals surface area contributed by atoms with Crippen LogP contribution >= 0.6 is 22.9 Å². The smallest absolute Gasteiger partial charge is 0.331 e. The van der Waals surface area contributed by atoms with E-state index in [0.717, 1.165) is 29.5 Å². The van der Waals surface area contributed by atoms with Crippen molar-refractivity contribution in [3.63, 3.8) is 0 Å². The molecule has 0 fully saturated rings. The van der Waals surface area contributed by atoms with Crippen LogP contribution in [0.25, 0.3) is 0 Å². The van der Waals surface area contributed by atoms with E-state index in [2.05, 4.69) is 10.6 Å². The van der Waals surface area contributed by atoms with Crippen molar-refractivity contribution in [3.05, 3.63) is 50.7 Å². The molecule has 4 N–H and O–H groups in total. The number of benzene rings is 1. The van der Waals surface area contributed by atoms with Crippen LogP contribution in [0.2, 0.25) is 5.02 Å². The Kier molecular flexibility index (Phi) is 6.11. The van der Waals surface area contributed by atoms with Crippen LogP contribution < -0.4 is 16.1 Å². The van der Waals surface area contributed by atoms with Crippen LogP contribution in [-0.4, -0.2) is 17.1 Å². The van der Waals surface area contributed by atoms with E-state index >= 15 is 0 Å². The van der Waals surface area contributed by atoms with Crippen LogP contribution in [-0.2, 0) is 6.18 Å². The first kappa shape index (κ1) is 20.0. The molecule has 0 aliphatic carbocycles. The molecule has 1 aromatic carbocycles. The van der Waals surface area contributed by atoms with Gasteiger partial charge in [0.25, 0.3) is 5.91 Å². The highest BCUT2D eigenvalue weighted by Gasteiger charge is 2.31. The molecule has 1 unspecified atom stereocenters. The monoisotopic (exact) mass is 407 g/mol. The van der Waals surface area contributed by atoms with E-state index in [1.54, 1.807) is 13.0 Å². The predicted octanol–water partition coefficient (Wildman–Crippen LogP) is 4.42. The van der Waals surface area contributed by atoms with Gasteiger partial charge in [0, 0.05) is 4.88 Å². The summed E-state index contributed by atoms with van der Waals surface area (Å²) >= 11 is 6.84. The Morgan fingerprint density at radius 1 is 1.23 bits per heavy atom. The molecule has 1 atom stereocenters. The summed E-state index contributed by atoms with van der Waals surface area (Å²) < 4.78 is 37.8. The van der Waals surface area contributed by atoms with Gasteiger partial charge in [-0.1, -0.05) is 11.6 Å². The van der Waals surface area contributed by atoms with E-state index in [4.69, 9.17) is 16.8 Å². The zero-order chi connectivity index (χ0) is 19.5. The lowest BCUT2D eigenvalue weighted by Crippen LogP contribution is -2.30. The molecule has 0 saturated heterocycles. The molecule has 2 aromatic rings. The first-order valence-electron chi connectivity index (χ1n) is 7.10. The van der Waals surface area contributed by atoms with Gasteiger partial charge in [-0.2, -0.15) is 13.2 Å². The van der Waals surface area contributed by atoms with Crippen LogP contribution in [0.4, 0.5) is 23.7 Å². The van der Waals surface area contributed by atoms with Crippen LogP contribution in [0.15, 0.2) is 30.3 Å². The van der Waals surface area contributed by atoms with E-state index in [9.17, 15) is 22.8 Å². The van der Waals surface area contributed by atoms with Gasteiger partial charge in [0.1, 0.15) is 0 Å². The van der Waals surface area contributed by atoms with Gasteiger partial charge in [-0.3, -0.25) is 10.0 Å². The van der Waals surface area contributed by atoms with Crippen molar-refractivity contribution < 1.29 is 28.0 Å². The molecule has 1 heterocycles. The summed E-state index contributed by atoms with van der Waals surface area (Å²) in [6, 6.07) is 4.50. The first-order chi connectivity index (χ1) is 12.1. The van der Waals surface area contributed by atoms with Crippen molar-refractivity contribution in [2.24, 2.45) is 0 Å². The minimum absolute atomic E-state index is 0.0240. The van der Waals surface area contributed by atoms with Gasteiger partial charge in [-0.25, -0.2) is 10.3 Å². The lowest BCUT2D eigenvalue weighted by atomic mass is 10.2. The summed E-state index contributed by atoms with van der Waals surface area (Å²) in [7, 11) is 0. The predicted molar refractivity (Wildman–Crippen MR) is 90.6 cm³/mol. The number of alkyl halides is 3. The molecule has 0 spiro atoms. The van der Waals surface area contributed by atoms with Crippen molar-refractivity contribution in [1.82, 2.24) is 10.8 Å². The number of hydrogen-bond acceptors (Lipinski definition) is 4.